The zero-order chi connectivity index (χ0) is 32.9. The van der Waals surface area contributed by atoms with Crippen molar-refractivity contribution >= 4 is 21.7 Å². The maximum Gasteiger partial charge on any atom is 0.422 e. The lowest BCUT2D eigenvalue weighted by Gasteiger charge is -2.30. The Morgan fingerprint density at radius 3 is 2.48 bits per heavy atom. The van der Waals surface area contributed by atoms with Crippen molar-refractivity contribution in [1.82, 2.24) is 19.9 Å². The first-order valence-corrected chi connectivity index (χ1v) is 14.1. The predicted molar refractivity (Wildman–Crippen MR) is 148 cm³/mol. The maximum absolute atomic E-state index is 16.4. The molecule has 16 heteroatoms. The normalized spacial score (nSPS) is 20.4. The largest absolute Gasteiger partial charge is 0.467 e. The summed E-state index contributed by atoms with van der Waals surface area (Å²) in [4.78, 5) is 14.0. The third-order valence-corrected chi connectivity index (χ3v) is 8.11. The van der Waals surface area contributed by atoms with E-state index in [-0.39, 0.29) is 41.3 Å². The molecule has 0 radical (unpaired) electrons. The van der Waals surface area contributed by atoms with Crippen molar-refractivity contribution in [3.8, 4) is 28.9 Å². The Bertz CT molecular complexity index is 1770. The van der Waals surface area contributed by atoms with Gasteiger partial charge in [0.25, 0.3) is 0 Å². The summed E-state index contributed by atoms with van der Waals surface area (Å²) in [6, 6.07) is 5.79. The van der Waals surface area contributed by atoms with Gasteiger partial charge in [-0.05, 0) is 36.2 Å². The zero-order valence-electron chi connectivity index (χ0n) is 24.1. The molecule has 0 N–H and O–H groups in total. The molecule has 0 unspecified atom stereocenters. The van der Waals surface area contributed by atoms with E-state index >= 15 is 4.39 Å². The molecule has 2 aliphatic rings. The molecule has 2 aromatic heterocycles. The van der Waals surface area contributed by atoms with Gasteiger partial charge in [0.05, 0.1) is 10.9 Å². The number of ether oxygens (including phenoxy) is 4. The van der Waals surface area contributed by atoms with Crippen molar-refractivity contribution in [3.05, 3.63) is 47.9 Å². The van der Waals surface area contributed by atoms with Gasteiger partial charge in [0.15, 0.2) is 19.2 Å². The molecule has 4 aromatic rings. The number of halogens is 8. The standard InChI is InChI=1S/C30H26F8N4O4/c1-43-15-46-21-9-19(17-5-2-3-6-18(17)22(21)30(36,37)38)24-23(32)25-20(11-39-24)26(44-14-29(33,34)35)41-27(40-25)45-13-28-7-4-8-42(28)12-16(31)10-28/h2-3,5-6,9,11,16H,4,7-8,10,12-15H2,1H3/t16-,28+/m1/s1. The minimum absolute atomic E-state index is 0.0353. The summed E-state index contributed by atoms with van der Waals surface area (Å²) in [6.45, 7) is -1.58. The molecule has 0 saturated carbocycles. The van der Waals surface area contributed by atoms with Crippen LogP contribution in [0.25, 0.3) is 32.9 Å². The second-order valence-corrected chi connectivity index (χ2v) is 11.2. The molecule has 0 spiro atoms. The summed E-state index contributed by atoms with van der Waals surface area (Å²) >= 11 is 0. The Labute approximate surface area is 256 Å². The third kappa shape index (κ3) is 6.07. The Kier molecular flexibility index (Phi) is 8.29. The highest BCUT2D eigenvalue weighted by Crippen LogP contribution is 2.46. The van der Waals surface area contributed by atoms with Gasteiger partial charge < -0.3 is 18.9 Å². The van der Waals surface area contributed by atoms with E-state index in [0.29, 0.717) is 13.0 Å². The van der Waals surface area contributed by atoms with Gasteiger partial charge >= 0.3 is 18.4 Å². The minimum Gasteiger partial charge on any atom is -0.467 e. The number of benzene rings is 2. The number of fused-ring (bicyclic) bond motifs is 3. The molecule has 4 heterocycles. The molecule has 46 heavy (non-hydrogen) atoms. The van der Waals surface area contributed by atoms with Crippen LogP contribution in [0.15, 0.2) is 36.5 Å². The van der Waals surface area contributed by atoms with Crippen molar-refractivity contribution in [2.24, 2.45) is 0 Å². The summed E-state index contributed by atoms with van der Waals surface area (Å²) in [6.07, 6.45) is -8.19. The topological polar surface area (TPSA) is 78.8 Å². The predicted octanol–water partition coefficient (Wildman–Crippen LogP) is 6.88. The van der Waals surface area contributed by atoms with Gasteiger partial charge in [0.2, 0.25) is 5.88 Å². The second kappa shape index (κ2) is 12.0. The molecule has 6 rings (SSSR count). The van der Waals surface area contributed by atoms with Crippen LogP contribution in [0, 0.1) is 5.82 Å². The average Bonchev–Trinajstić information content (AvgIpc) is 3.52. The smallest absolute Gasteiger partial charge is 0.422 e. The highest BCUT2D eigenvalue weighted by Gasteiger charge is 2.49. The molecular weight excluding hydrogens is 632 g/mol. The van der Waals surface area contributed by atoms with Gasteiger partial charge in [-0.25, -0.2) is 8.78 Å². The molecular formula is C30H26F8N4O4. The van der Waals surface area contributed by atoms with E-state index < -0.39 is 77.7 Å². The van der Waals surface area contributed by atoms with E-state index in [4.69, 9.17) is 18.9 Å². The average molecular weight is 659 g/mol. The summed E-state index contributed by atoms with van der Waals surface area (Å²) in [5, 5.41) is -0.689. The second-order valence-electron chi connectivity index (χ2n) is 11.2. The Morgan fingerprint density at radius 1 is 1.00 bits per heavy atom. The van der Waals surface area contributed by atoms with E-state index in [9.17, 15) is 30.7 Å². The maximum atomic E-state index is 16.4. The molecule has 2 atom stereocenters. The number of rotatable bonds is 9. The van der Waals surface area contributed by atoms with Crippen LogP contribution in [0.2, 0.25) is 0 Å². The first-order valence-electron chi connectivity index (χ1n) is 14.1. The van der Waals surface area contributed by atoms with Crippen molar-refractivity contribution < 1.29 is 54.1 Å². The van der Waals surface area contributed by atoms with Gasteiger partial charge in [-0.3, -0.25) is 9.88 Å². The summed E-state index contributed by atoms with van der Waals surface area (Å²) in [5.41, 5.74) is -2.93. The fraction of sp³-hybridized carbons (Fsp3) is 0.433. The molecule has 0 amide bonds. The van der Waals surface area contributed by atoms with Crippen molar-refractivity contribution in [2.75, 3.05) is 40.2 Å². The van der Waals surface area contributed by atoms with Crippen LogP contribution in [0.4, 0.5) is 35.1 Å². The SMILES string of the molecule is COCOc1cc(-c2ncc3c(OCC(F)(F)F)nc(OC[C@@]45CCCN4C[C@H](F)C5)nc3c2F)c2ccccc2c1C(F)(F)F. The van der Waals surface area contributed by atoms with Crippen molar-refractivity contribution in [2.45, 2.75) is 43.3 Å². The molecule has 8 nitrogen and oxygen atoms in total. The van der Waals surface area contributed by atoms with Gasteiger partial charge in [0.1, 0.15) is 35.3 Å². The summed E-state index contributed by atoms with van der Waals surface area (Å²) in [7, 11) is 1.21. The van der Waals surface area contributed by atoms with E-state index in [1.54, 1.807) is 0 Å². The minimum atomic E-state index is -4.86. The Morgan fingerprint density at radius 2 is 1.76 bits per heavy atom. The number of alkyl halides is 7. The molecule has 2 aliphatic heterocycles. The van der Waals surface area contributed by atoms with Gasteiger partial charge in [-0.15, -0.1) is 0 Å². The van der Waals surface area contributed by atoms with Crippen LogP contribution in [-0.2, 0) is 10.9 Å². The number of aromatic nitrogens is 3. The first-order chi connectivity index (χ1) is 21.8. The summed E-state index contributed by atoms with van der Waals surface area (Å²) in [5.74, 6) is -2.52. The highest BCUT2D eigenvalue weighted by atomic mass is 19.4. The van der Waals surface area contributed by atoms with Crippen LogP contribution in [0.5, 0.6) is 17.6 Å². The molecule has 2 saturated heterocycles. The van der Waals surface area contributed by atoms with E-state index in [2.05, 4.69) is 15.0 Å². The lowest BCUT2D eigenvalue weighted by atomic mass is 9.95. The number of hydrogen-bond donors (Lipinski definition) is 0. The lowest BCUT2D eigenvalue weighted by Crippen LogP contribution is -2.43. The van der Waals surface area contributed by atoms with Crippen LogP contribution in [0.1, 0.15) is 24.8 Å². The monoisotopic (exact) mass is 658 g/mol. The fourth-order valence-electron chi connectivity index (χ4n) is 6.25. The fourth-order valence-corrected chi connectivity index (χ4v) is 6.25. The van der Waals surface area contributed by atoms with Crippen LogP contribution >= 0.6 is 0 Å². The van der Waals surface area contributed by atoms with Crippen molar-refractivity contribution in [1.29, 1.82) is 0 Å². The third-order valence-electron chi connectivity index (χ3n) is 8.11. The molecule has 2 fully saturated rings. The molecule has 0 aliphatic carbocycles. The highest BCUT2D eigenvalue weighted by molar-refractivity contribution is 6.01. The van der Waals surface area contributed by atoms with E-state index in [0.717, 1.165) is 18.7 Å². The number of nitrogens with zero attached hydrogens (tertiary/aromatic N) is 4. The number of pyridine rings is 1. The zero-order valence-corrected chi connectivity index (χ0v) is 24.1. The quantitative estimate of drug-likeness (QED) is 0.142. The van der Waals surface area contributed by atoms with Crippen molar-refractivity contribution in [3.63, 3.8) is 0 Å². The van der Waals surface area contributed by atoms with Gasteiger partial charge in [0, 0.05) is 31.8 Å². The molecule has 0 bridgehead atoms. The summed E-state index contributed by atoms with van der Waals surface area (Å²) < 4.78 is 133. The molecule has 246 valence electrons. The molecule has 2 aromatic carbocycles. The van der Waals surface area contributed by atoms with Gasteiger partial charge in [-0.2, -0.15) is 36.3 Å². The number of methoxy groups -OCH3 is 1. The lowest BCUT2D eigenvalue weighted by molar-refractivity contribution is -0.153. The van der Waals surface area contributed by atoms with Crippen LogP contribution in [0.3, 0.4) is 0 Å². The van der Waals surface area contributed by atoms with Gasteiger partial charge in [-0.1, -0.05) is 24.3 Å². The number of hydrogen-bond acceptors (Lipinski definition) is 8. The van der Waals surface area contributed by atoms with E-state index in [1.807, 2.05) is 4.90 Å². The van der Waals surface area contributed by atoms with Crippen LogP contribution in [-0.4, -0.2) is 77.9 Å². The first kappa shape index (κ1) is 31.9. The Hall–Kier alpha value is -4.05. The van der Waals surface area contributed by atoms with E-state index in [1.165, 1.54) is 31.4 Å². The van der Waals surface area contributed by atoms with Crippen LogP contribution < -0.4 is 14.2 Å². The Balaban J connectivity index is 1.49.